The maximum Gasteiger partial charge on any atom is 0.415 e. The number of fused-ring (bicyclic) bond motifs is 1. The summed E-state index contributed by atoms with van der Waals surface area (Å²) in [7, 11) is 0. The van der Waals surface area contributed by atoms with Crippen molar-refractivity contribution in [3.05, 3.63) is 65.3 Å². The molecule has 0 aliphatic carbocycles. The summed E-state index contributed by atoms with van der Waals surface area (Å²) in [4.78, 5) is 31.5. The third-order valence-corrected chi connectivity index (χ3v) is 4.82. The number of nitrogens with zero attached hydrogens (tertiary/aromatic N) is 2. The average molecular weight is 384 g/mol. The van der Waals surface area contributed by atoms with Crippen molar-refractivity contribution >= 4 is 34.5 Å². The summed E-state index contributed by atoms with van der Waals surface area (Å²) in [5.41, 5.74) is 1.39. The minimum atomic E-state index is -0.395. The van der Waals surface area contributed by atoms with Crippen molar-refractivity contribution in [2.45, 2.75) is 0 Å². The standard InChI is InChI=1S/C20H18ClN3O3/c21-15-6-7-17-14(12-15)13-18(22-17)19(25)23-8-10-24(11-9-23)20(26)27-16-4-2-1-3-5-16/h1-7,12-13,22H,8-11H2. The number of aromatic amines is 1. The van der Waals surface area contributed by atoms with Crippen LogP contribution >= 0.6 is 11.6 Å². The molecule has 0 spiro atoms. The average Bonchev–Trinajstić information content (AvgIpc) is 3.11. The quantitative estimate of drug-likeness (QED) is 0.732. The van der Waals surface area contributed by atoms with E-state index in [1.54, 1.807) is 34.1 Å². The first kappa shape index (κ1) is 17.4. The van der Waals surface area contributed by atoms with Crippen molar-refractivity contribution in [3.63, 3.8) is 0 Å². The van der Waals surface area contributed by atoms with Gasteiger partial charge in [0.15, 0.2) is 0 Å². The third kappa shape index (κ3) is 3.75. The van der Waals surface area contributed by atoms with Gasteiger partial charge in [-0.3, -0.25) is 4.79 Å². The SMILES string of the molecule is O=C(Oc1ccccc1)N1CCN(C(=O)c2cc3cc(Cl)ccc3[nH]2)CC1. The number of rotatable bonds is 2. The van der Waals surface area contributed by atoms with Crippen molar-refractivity contribution in [3.8, 4) is 5.75 Å². The Hall–Kier alpha value is -2.99. The number of hydrogen-bond donors (Lipinski definition) is 1. The van der Waals surface area contributed by atoms with Crippen LogP contribution in [0.3, 0.4) is 0 Å². The molecule has 0 radical (unpaired) electrons. The molecule has 1 N–H and O–H groups in total. The van der Waals surface area contributed by atoms with E-state index in [4.69, 9.17) is 16.3 Å². The van der Waals surface area contributed by atoms with E-state index in [9.17, 15) is 9.59 Å². The normalized spacial score (nSPS) is 14.4. The van der Waals surface area contributed by atoms with Crippen LogP contribution in [0.25, 0.3) is 10.9 Å². The summed E-state index contributed by atoms with van der Waals surface area (Å²) in [5.74, 6) is 0.427. The maximum absolute atomic E-state index is 12.7. The lowest BCUT2D eigenvalue weighted by Gasteiger charge is -2.33. The largest absolute Gasteiger partial charge is 0.415 e. The number of piperazine rings is 1. The predicted molar refractivity (Wildman–Crippen MR) is 103 cm³/mol. The summed E-state index contributed by atoms with van der Waals surface area (Å²) in [6.07, 6.45) is -0.395. The zero-order valence-corrected chi connectivity index (χ0v) is 15.3. The molecular formula is C20H18ClN3O3. The maximum atomic E-state index is 12.7. The van der Waals surface area contributed by atoms with E-state index < -0.39 is 6.09 Å². The van der Waals surface area contributed by atoms with E-state index in [2.05, 4.69) is 4.98 Å². The minimum Gasteiger partial charge on any atom is -0.410 e. The highest BCUT2D eigenvalue weighted by Gasteiger charge is 2.26. The Labute approximate surface area is 161 Å². The lowest BCUT2D eigenvalue weighted by atomic mass is 10.2. The fraction of sp³-hybridized carbons (Fsp3) is 0.200. The molecule has 1 aliphatic rings. The van der Waals surface area contributed by atoms with E-state index in [0.29, 0.717) is 42.6 Å². The summed E-state index contributed by atoms with van der Waals surface area (Å²) in [5, 5.41) is 1.53. The van der Waals surface area contributed by atoms with Crippen LogP contribution in [0.4, 0.5) is 4.79 Å². The summed E-state index contributed by atoms with van der Waals surface area (Å²) in [6, 6.07) is 16.2. The number of amides is 2. The van der Waals surface area contributed by atoms with Crippen LogP contribution in [0.1, 0.15) is 10.5 Å². The van der Waals surface area contributed by atoms with Crippen molar-refractivity contribution in [1.29, 1.82) is 0 Å². The molecule has 27 heavy (non-hydrogen) atoms. The number of aromatic nitrogens is 1. The molecule has 0 saturated carbocycles. The Kier molecular flexibility index (Phi) is 4.73. The molecule has 6 nitrogen and oxygen atoms in total. The second kappa shape index (κ2) is 7.32. The number of H-pyrrole nitrogens is 1. The molecule has 7 heteroatoms. The van der Waals surface area contributed by atoms with Crippen molar-refractivity contribution in [1.82, 2.24) is 14.8 Å². The van der Waals surface area contributed by atoms with Gasteiger partial charge in [0, 0.05) is 42.1 Å². The van der Waals surface area contributed by atoms with Gasteiger partial charge in [0.05, 0.1) is 0 Å². The van der Waals surface area contributed by atoms with Crippen LogP contribution in [0.15, 0.2) is 54.6 Å². The highest BCUT2D eigenvalue weighted by molar-refractivity contribution is 6.31. The molecule has 2 amide bonds. The number of para-hydroxylation sites is 1. The molecule has 1 saturated heterocycles. The van der Waals surface area contributed by atoms with Gasteiger partial charge in [0.2, 0.25) is 0 Å². The molecule has 0 unspecified atom stereocenters. The Balaban J connectivity index is 1.38. The molecule has 0 bridgehead atoms. The van der Waals surface area contributed by atoms with Crippen LogP contribution in [0.5, 0.6) is 5.75 Å². The van der Waals surface area contributed by atoms with Gasteiger partial charge in [-0.15, -0.1) is 0 Å². The minimum absolute atomic E-state index is 0.0848. The highest BCUT2D eigenvalue weighted by Crippen LogP contribution is 2.21. The Bertz CT molecular complexity index is 979. The number of carbonyl (C=O) groups excluding carboxylic acids is 2. The molecule has 138 valence electrons. The molecule has 4 rings (SSSR count). The number of halogens is 1. The zero-order chi connectivity index (χ0) is 18.8. The molecule has 2 heterocycles. The van der Waals surface area contributed by atoms with Crippen LogP contribution in [0, 0.1) is 0 Å². The molecule has 0 atom stereocenters. The monoisotopic (exact) mass is 383 g/mol. The smallest absolute Gasteiger partial charge is 0.410 e. The van der Waals surface area contributed by atoms with Crippen LogP contribution in [0.2, 0.25) is 5.02 Å². The topological polar surface area (TPSA) is 65.6 Å². The Morgan fingerprint density at radius 1 is 0.926 bits per heavy atom. The Morgan fingerprint density at radius 3 is 2.37 bits per heavy atom. The van der Waals surface area contributed by atoms with E-state index in [-0.39, 0.29) is 5.91 Å². The molecule has 3 aromatic rings. The molecule has 2 aromatic carbocycles. The number of nitrogens with one attached hydrogen (secondary N) is 1. The summed E-state index contributed by atoms with van der Waals surface area (Å²) >= 11 is 6.00. The van der Waals surface area contributed by atoms with Crippen molar-refractivity contribution < 1.29 is 14.3 Å². The number of benzene rings is 2. The van der Waals surface area contributed by atoms with Gasteiger partial charge < -0.3 is 19.5 Å². The van der Waals surface area contributed by atoms with Crippen LogP contribution in [-0.2, 0) is 0 Å². The van der Waals surface area contributed by atoms with Gasteiger partial charge in [-0.25, -0.2) is 4.79 Å². The van der Waals surface area contributed by atoms with E-state index in [1.807, 2.05) is 30.3 Å². The molecular weight excluding hydrogens is 366 g/mol. The second-order valence-electron chi connectivity index (χ2n) is 6.37. The van der Waals surface area contributed by atoms with Gasteiger partial charge >= 0.3 is 6.09 Å². The van der Waals surface area contributed by atoms with Crippen molar-refractivity contribution in [2.24, 2.45) is 0 Å². The number of carbonyl (C=O) groups is 2. The van der Waals surface area contributed by atoms with Gasteiger partial charge in [0.25, 0.3) is 5.91 Å². The van der Waals surface area contributed by atoms with Gasteiger partial charge in [-0.2, -0.15) is 0 Å². The first-order valence-electron chi connectivity index (χ1n) is 8.69. The predicted octanol–water partition coefficient (Wildman–Crippen LogP) is 3.78. The summed E-state index contributed by atoms with van der Waals surface area (Å²) in [6.45, 7) is 1.78. The fourth-order valence-electron chi connectivity index (χ4n) is 3.14. The first-order valence-corrected chi connectivity index (χ1v) is 9.07. The lowest BCUT2D eigenvalue weighted by Crippen LogP contribution is -2.51. The van der Waals surface area contributed by atoms with Gasteiger partial charge in [-0.1, -0.05) is 29.8 Å². The first-order chi connectivity index (χ1) is 13.1. The molecule has 1 aliphatic heterocycles. The summed E-state index contributed by atoms with van der Waals surface area (Å²) < 4.78 is 5.35. The van der Waals surface area contributed by atoms with Crippen molar-refractivity contribution in [2.75, 3.05) is 26.2 Å². The van der Waals surface area contributed by atoms with Crippen LogP contribution < -0.4 is 4.74 Å². The lowest BCUT2D eigenvalue weighted by molar-refractivity contribution is 0.0629. The van der Waals surface area contributed by atoms with E-state index >= 15 is 0 Å². The third-order valence-electron chi connectivity index (χ3n) is 4.59. The van der Waals surface area contributed by atoms with E-state index in [0.717, 1.165) is 10.9 Å². The molecule has 1 aromatic heterocycles. The highest BCUT2D eigenvalue weighted by atomic mass is 35.5. The van der Waals surface area contributed by atoms with Crippen LogP contribution in [-0.4, -0.2) is 53.0 Å². The van der Waals surface area contributed by atoms with Gasteiger partial charge in [-0.05, 0) is 36.4 Å². The fourth-order valence-corrected chi connectivity index (χ4v) is 3.32. The Morgan fingerprint density at radius 2 is 1.63 bits per heavy atom. The second-order valence-corrected chi connectivity index (χ2v) is 6.81. The molecule has 1 fully saturated rings. The van der Waals surface area contributed by atoms with Gasteiger partial charge in [0.1, 0.15) is 11.4 Å². The number of ether oxygens (including phenoxy) is 1. The van der Waals surface area contributed by atoms with E-state index in [1.165, 1.54) is 0 Å². The zero-order valence-electron chi connectivity index (χ0n) is 14.5. The number of hydrogen-bond acceptors (Lipinski definition) is 3.